The summed E-state index contributed by atoms with van der Waals surface area (Å²) in [4.78, 5) is 27.8. The van der Waals surface area contributed by atoms with Crippen LogP contribution in [0.5, 0.6) is 0 Å². The van der Waals surface area contributed by atoms with Gasteiger partial charge in [0.25, 0.3) is 0 Å². The van der Waals surface area contributed by atoms with Crippen LogP contribution in [-0.4, -0.2) is 38.2 Å². The molecule has 1 saturated carbocycles. The van der Waals surface area contributed by atoms with E-state index in [1.54, 1.807) is 20.6 Å². The normalized spacial score (nSPS) is 17.8. The average molecular weight is 332 g/mol. The largest absolute Gasteiger partial charge is 0.345 e. The van der Waals surface area contributed by atoms with Gasteiger partial charge in [0.2, 0.25) is 5.91 Å². The van der Waals surface area contributed by atoms with E-state index in [4.69, 9.17) is 0 Å². The number of carbonyl (C=O) groups excluding carboxylic acids is 1. The van der Waals surface area contributed by atoms with E-state index in [9.17, 15) is 9.59 Å². The van der Waals surface area contributed by atoms with Crippen LogP contribution in [0.4, 0.5) is 0 Å². The van der Waals surface area contributed by atoms with Crippen LogP contribution in [0.15, 0.2) is 22.3 Å². The minimum absolute atomic E-state index is 0.0144. The van der Waals surface area contributed by atoms with Crippen molar-refractivity contribution in [2.45, 2.75) is 38.8 Å². The van der Waals surface area contributed by atoms with Crippen LogP contribution in [0.3, 0.4) is 0 Å². The number of thiophene rings is 1. The molecule has 0 unspecified atom stereocenters. The lowest BCUT2D eigenvalue weighted by molar-refractivity contribution is -0.130. The Kier molecular flexibility index (Phi) is 3.80. The summed E-state index contributed by atoms with van der Waals surface area (Å²) in [6.07, 6.45) is 3.52. The highest BCUT2D eigenvalue weighted by molar-refractivity contribution is 7.10. The molecule has 0 aromatic carbocycles. The molecule has 7 heteroatoms. The van der Waals surface area contributed by atoms with Crippen molar-refractivity contribution < 1.29 is 4.79 Å². The Morgan fingerprint density at radius 2 is 2.17 bits per heavy atom. The topological polar surface area (TPSA) is 60.1 Å². The Morgan fingerprint density at radius 1 is 1.30 bits per heavy atom. The molecular formula is C16H20N4O2S. The highest BCUT2D eigenvalue weighted by Gasteiger charge is 2.26. The molecule has 1 amide bonds. The minimum Gasteiger partial charge on any atom is -0.340 e. The molecule has 0 saturated heterocycles. The molecule has 4 rings (SSSR count). The van der Waals surface area contributed by atoms with Crippen molar-refractivity contribution >= 4 is 17.2 Å². The van der Waals surface area contributed by atoms with Gasteiger partial charge < -0.3 is 4.90 Å². The summed E-state index contributed by atoms with van der Waals surface area (Å²) in [5.74, 6) is 1.59. The summed E-state index contributed by atoms with van der Waals surface area (Å²) in [5.41, 5.74) is -0.0144. The average Bonchev–Trinajstić information content (AvgIpc) is 3.19. The standard InChI is InChI=1S/C16H20N4O2S/c21-15(10-13-2-1-9-23-13)18-6-5-14-17-20(11-12-3-4-12)16(22)19(14)8-7-18/h1-2,9,12H,3-8,10-11H2. The van der Waals surface area contributed by atoms with Gasteiger partial charge in [-0.15, -0.1) is 11.3 Å². The van der Waals surface area contributed by atoms with Crippen molar-refractivity contribution in [3.63, 3.8) is 0 Å². The third-order valence-electron chi connectivity index (χ3n) is 4.58. The highest BCUT2D eigenvalue weighted by Crippen LogP contribution is 2.29. The first kappa shape index (κ1) is 14.7. The van der Waals surface area contributed by atoms with Crippen molar-refractivity contribution in [2.24, 2.45) is 5.92 Å². The van der Waals surface area contributed by atoms with Crippen LogP contribution >= 0.6 is 11.3 Å². The third-order valence-corrected chi connectivity index (χ3v) is 5.46. The molecule has 2 aliphatic rings. The molecule has 23 heavy (non-hydrogen) atoms. The van der Waals surface area contributed by atoms with E-state index in [1.807, 2.05) is 22.4 Å². The Balaban J connectivity index is 1.44. The van der Waals surface area contributed by atoms with E-state index in [1.165, 1.54) is 12.8 Å². The molecule has 6 nitrogen and oxygen atoms in total. The van der Waals surface area contributed by atoms with Crippen molar-refractivity contribution in [2.75, 3.05) is 13.1 Å². The zero-order chi connectivity index (χ0) is 15.8. The Labute approximate surface area is 138 Å². The molecule has 1 aliphatic carbocycles. The number of carbonyl (C=O) groups is 1. The highest BCUT2D eigenvalue weighted by atomic mass is 32.1. The number of amides is 1. The number of hydrogen-bond donors (Lipinski definition) is 0. The SMILES string of the molecule is O=C(Cc1cccs1)N1CCc2nn(CC3CC3)c(=O)n2CC1. The van der Waals surface area contributed by atoms with Crippen molar-refractivity contribution in [1.82, 2.24) is 19.2 Å². The maximum atomic E-state index is 12.4. The van der Waals surface area contributed by atoms with Gasteiger partial charge in [-0.25, -0.2) is 9.48 Å². The lowest BCUT2D eigenvalue weighted by atomic mass is 10.3. The van der Waals surface area contributed by atoms with Crippen LogP contribution in [0, 0.1) is 5.92 Å². The van der Waals surface area contributed by atoms with Gasteiger partial charge in [-0.05, 0) is 30.2 Å². The first-order valence-electron chi connectivity index (χ1n) is 8.17. The summed E-state index contributed by atoms with van der Waals surface area (Å²) >= 11 is 1.61. The van der Waals surface area contributed by atoms with Crippen LogP contribution < -0.4 is 5.69 Å². The first-order valence-corrected chi connectivity index (χ1v) is 9.05. The fraction of sp³-hybridized carbons (Fsp3) is 0.562. The summed E-state index contributed by atoms with van der Waals surface area (Å²) in [6, 6.07) is 3.95. The number of hydrogen-bond acceptors (Lipinski definition) is 4. The Morgan fingerprint density at radius 3 is 2.91 bits per heavy atom. The lowest BCUT2D eigenvalue weighted by Gasteiger charge is -2.19. The predicted octanol–water partition coefficient (Wildman–Crippen LogP) is 1.14. The zero-order valence-electron chi connectivity index (χ0n) is 13.0. The van der Waals surface area contributed by atoms with Gasteiger partial charge in [-0.1, -0.05) is 6.07 Å². The lowest BCUT2D eigenvalue weighted by Crippen LogP contribution is -2.36. The number of nitrogens with zero attached hydrogens (tertiary/aromatic N) is 4. The quantitative estimate of drug-likeness (QED) is 0.844. The van der Waals surface area contributed by atoms with Crippen LogP contribution in [0.1, 0.15) is 23.5 Å². The molecule has 0 atom stereocenters. The van der Waals surface area contributed by atoms with Crippen LogP contribution in [0.25, 0.3) is 0 Å². The van der Waals surface area contributed by atoms with E-state index in [0.717, 1.165) is 17.2 Å². The minimum atomic E-state index is -0.0144. The van der Waals surface area contributed by atoms with E-state index in [0.29, 0.717) is 38.4 Å². The van der Waals surface area contributed by atoms with Crippen LogP contribution in [0.2, 0.25) is 0 Å². The second-order valence-electron chi connectivity index (χ2n) is 6.36. The van der Waals surface area contributed by atoms with Crippen molar-refractivity contribution in [1.29, 1.82) is 0 Å². The van der Waals surface area contributed by atoms with Gasteiger partial charge in [0.15, 0.2) is 0 Å². The maximum Gasteiger partial charge on any atom is 0.345 e. The molecule has 1 fully saturated rings. The number of aromatic nitrogens is 3. The molecule has 0 N–H and O–H groups in total. The maximum absolute atomic E-state index is 12.4. The Bertz CT molecular complexity index is 758. The van der Waals surface area contributed by atoms with Gasteiger partial charge in [-0.3, -0.25) is 9.36 Å². The molecule has 0 spiro atoms. The molecule has 0 bridgehead atoms. The second kappa shape index (κ2) is 5.96. The molecule has 1 aliphatic heterocycles. The molecular weight excluding hydrogens is 312 g/mol. The smallest absolute Gasteiger partial charge is 0.340 e. The van der Waals surface area contributed by atoms with Crippen LogP contribution in [-0.2, 0) is 30.7 Å². The first-order chi connectivity index (χ1) is 11.2. The molecule has 2 aromatic rings. The van der Waals surface area contributed by atoms with Gasteiger partial charge in [0.05, 0.1) is 6.42 Å². The van der Waals surface area contributed by atoms with E-state index < -0.39 is 0 Å². The van der Waals surface area contributed by atoms with Gasteiger partial charge >= 0.3 is 5.69 Å². The fourth-order valence-electron chi connectivity index (χ4n) is 3.05. The van der Waals surface area contributed by atoms with E-state index in [2.05, 4.69) is 5.10 Å². The summed E-state index contributed by atoms with van der Waals surface area (Å²) in [6.45, 7) is 2.53. The Hall–Kier alpha value is -1.89. The molecule has 0 radical (unpaired) electrons. The fourth-order valence-corrected chi connectivity index (χ4v) is 3.75. The number of fused-ring (bicyclic) bond motifs is 1. The van der Waals surface area contributed by atoms with Gasteiger partial charge in [0, 0.05) is 37.5 Å². The number of rotatable bonds is 4. The van der Waals surface area contributed by atoms with Crippen molar-refractivity contribution in [3.8, 4) is 0 Å². The van der Waals surface area contributed by atoms with Gasteiger partial charge in [-0.2, -0.15) is 5.10 Å². The monoisotopic (exact) mass is 332 g/mol. The molecule has 2 aromatic heterocycles. The van der Waals surface area contributed by atoms with Gasteiger partial charge in [0.1, 0.15) is 5.82 Å². The van der Waals surface area contributed by atoms with E-state index in [-0.39, 0.29) is 11.6 Å². The summed E-state index contributed by atoms with van der Waals surface area (Å²) in [7, 11) is 0. The summed E-state index contributed by atoms with van der Waals surface area (Å²) in [5, 5.41) is 6.48. The predicted molar refractivity (Wildman–Crippen MR) is 87.5 cm³/mol. The van der Waals surface area contributed by atoms with E-state index >= 15 is 0 Å². The van der Waals surface area contributed by atoms with Crippen molar-refractivity contribution in [3.05, 3.63) is 38.7 Å². The molecule has 122 valence electrons. The zero-order valence-corrected chi connectivity index (χ0v) is 13.8. The second-order valence-corrected chi connectivity index (χ2v) is 7.40. The third kappa shape index (κ3) is 3.10. The summed E-state index contributed by atoms with van der Waals surface area (Å²) < 4.78 is 3.37. The molecule has 3 heterocycles.